The zero-order valence-electron chi connectivity index (χ0n) is 16.5. The molecule has 0 N–H and O–H groups in total. The lowest BCUT2D eigenvalue weighted by molar-refractivity contribution is 0.130. The van der Waals surface area contributed by atoms with Crippen LogP contribution < -0.4 is 4.90 Å². The molecule has 3 aromatic rings. The Hall–Kier alpha value is -2.90. The molecule has 0 bridgehead atoms. The Bertz CT molecular complexity index is 1040. The van der Waals surface area contributed by atoms with E-state index in [1.54, 1.807) is 0 Å². The highest BCUT2D eigenvalue weighted by atomic mass is 35.5. The summed E-state index contributed by atoms with van der Waals surface area (Å²) in [5.41, 5.74) is 3.17. The fourth-order valence-corrected chi connectivity index (χ4v) is 4.16. The Labute approximate surface area is 179 Å². The van der Waals surface area contributed by atoms with Crippen LogP contribution in [0, 0.1) is 0 Å². The van der Waals surface area contributed by atoms with E-state index in [2.05, 4.69) is 21.1 Å². The third kappa shape index (κ3) is 3.78. The normalized spacial score (nSPS) is 16.7. The second-order valence-electron chi connectivity index (χ2n) is 7.59. The molecule has 30 heavy (non-hydrogen) atoms. The molecule has 0 unspecified atom stereocenters. The van der Waals surface area contributed by atoms with Crippen LogP contribution in [-0.2, 0) is 13.0 Å². The standard InChI is InChI=1S/C22H22ClN5O2/c23-18-7-5-17(6-8-18)21-24-20(30-25-21)15-26-11-13-27(14-12-26)22(29)28-10-9-16-3-1-2-4-19(16)28/h1-8H,9-15H2. The fraction of sp³-hybridized carbons (Fsp3) is 0.318. The SMILES string of the molecule is O=C(N1CCN(Cc2nc(-c3ccc(Cl)cc3)no2)CC1)N1CCc2ccccc21. The second-order valence-corrected chi connectivity index (χ2v) is 8.03. The van der Waals surface area contributed by atoms with Crippen LogP contribution in [0.25, 0.3) is 11.4 Å². The van der Waals surface area contributed by atoms with E-state index in [9.17, 15) is 4.79 Å². The molecule has 2 aliphatic heterocycles. The third-order valence-corrected chi connectivity index (χ3v) is 5.94. The van der Waals surface area contributed by atoms with Gasteiger partial charge in [-0.1, -0.05) is 35.0 Å². The molecule has 1 aromatic heterocycles. The van der Waals surface area contributed by atoms with Gasteiger partial charge in [-0.05, 0) is 42.3 Å². The molecule has 0 radical (unpaired) electrons. The van der Waals surface area contributed by atoms with Crippen molar-refractivity contribution < 1.29 is 9.32 Å². The molecule has 8 heteroatoms. The number of aromatic nitrogens is 2. The average Bonchev–Trinajstić information content (AvgIpc) is 3.42. The van der Waals surface area contributed by atoms with Crippen LogP contribution >= 0.6 is 11.6 Å². The van der Waals surface area contributed by atoms with E-state index in [-0.39, 0.29) is 6.03 Å². The number of hydrogen-bond acceptors (Lipinski definition) is 5. The van der Waals surface area contributed by atoms with Crippen molar-refractivity contribution in [1.82, 2.24) is 19.9 Å². The van der Waals surface area contributed by atoms with Crippen molar-refractivity contribution in [2.45, 2.75) is 13.0 Å². The highest BCUT2D eigenvalue weighted by Crippen LogP contribution is 2.28. The molecule has 154 valence electrons. The quantitative estimate of drug-likeness (QED) is 0.642. The highest BCUT2D eigenvalue weighted by molar-refractivity contribution is 6.30. The Balaban J connectivity index is 1.17. The number of piperazine rings is 1. The molecule has 5 rings (SSSR count). The lowest BCUT2D eigenvalue weighted by Crippen LogP contribution is -2.52. The molecular weight excluding hydrogens is 402 g/mol. The van der Waals surface area contributed by atoms with Gasteiger partial charge in [-0.15, -0.1) is 0 Å². The van der Waals surface area contributed by atoms with Crippen LogP contribution in [0.15, 0.2) is 53.1 Å². The molecule has 7 nitrogen and oxygen atoms in total. The molecule has 3 heterocycles. The van der Waals surface area contributed by atoms with Crippen molar-refractivity contribution in [1.29, 1.82) is 0 Å². The van der Waals surface area contributed by atoms with Gasteiger partial charge in [0.2, 0.25) is 11.7 Å². The minimum Gasteiger partial charge on any atom is -0.338 e. The van der Waals surface area contributed by atoms with Gasteiger partial charge in [0.1, 0.15) is 0 Å². The molecule has 1 saturated heterocycles. The monoisotopic (exact) mass is 423 g/mol. The fourth-order valence-electron chi connectivity index (χ4n) is 4.03. The maximum absolute atomic E-state index is 13.0. The topological polar surface area (TPSA) is 65.7 Å². The smallest absolute Gasteiger partial charge is 0.324 e. The molecular formula is C22H22ClN5O2. The molecule has 2 aromatic carbocycles. The van der Waals surface area contributed by atoms with Crippen LogP contribution in [0.5, 0.6) is 0 Å². The predicted octanol–water partition coefficient (Wildman–Crippen LogP) is 3.69. The van der Waals surface area contributed by atoms with Crippen molar-refractivity contribution in [3.63, 3.8) is 0 Å². The molecule has 0 aliphatic carbocycles. The summed E-state index contributed by atoms with van der Waals surface area (Å²) in [7, 11) is 0. The van der Waals surface area contributed by atoms with Crippen molar-refractivity contribution in [2.75, 3.05) is 37.6 Å². The van der Waals surface area contributed by atoms with Gasteiger partial charge in [0.25, 0.3) is 0 Å². The molecule has 2 amide bonds. The summed E-state index contributed by atoms with van der Waals surface area (Å²) in [6, 6.07) is 15.6. The van der Waals surface area contributed by atoms with Crippen LogP contribution in [0.2, 0.25) is 5.02 Å². The zero-order valence-corrected chi connectivity index (χ0v) is 17.3. The Kier molecular flexibility index (Phi) is 5.14. The van der Waals surface area contributed by atoms with Crippen molar-refractivity contribution in [3.8, 4) is 11.4 Å². The number of urea groups is 1. The summed E-state index contributed by atoms with van der Waals surface area (Å²) in [6.07, 6.45) is 0.926. The van der Waals surface area contributed by atoms with Gasteiger partial charge in [-0.3, -0.25) is 9.80 Å². The number of carbonyl (C=O) groups is 1. The number of amides is 2. The van der Waals surface area contributed by atoms with E-state index in [0.717, 1.165) is 37.3 Å². The van der Waals surface area contributed by atoms with Gasteiger partial charge in [0, 0.05) is 49.0 Å². The first-order chi connectivity index (χ1) is 14.7. The number of halogens is 1. The third-order valence-electron chi connectivity index (χ3n) is 5.69. The molecule has 2 aliphatic rings. The van der Waals surface area contributed by atoms with E-state index >= 15 is 0 Å². The van der Waals surface area contributed by atoms with E-state index < -0.39 is 0 Å². The van der Waals surface area contributed by atoms with Crippen molar-refractivity contribution in [2.24, 2.45) is 0 Å². The molecule has 0 spiro atoms. The second kappa shape index (κ2) is 8.08. The number of benzene rings is 2. The summed E-state index contributed by atoms with van der Waals surface area (Å²) in [5, 5.41) is 4.74. The maximum Gasteiger partial charge on any atom is 0.324 e. The number of para-hydroxylation sites is 1. The van der Waals surface area contributed by atoms with Gasteiger partial charge in [0.15, 0.2) is 0 Å². The van der Waals surface area contributed by atoms with Crippen LogP contribution in [0.3, 0.4) is 0 Å². The molecule has 0 saturated carbocycles. The van der Waals surface area contributed by atoms with Crippen LogP contribution in [0.4, 0.5) is 10.5 Å². The van der Waals surface area contributed by atoms with E-state index in [1.165, 1.54) is 5.56 Å². The first-order valence-electron chi connectivity index (χ1n) is 10.1. The number of fused-ring (bicyclic) bond motifs is 1. The minimum atomic E-state index is 0.0995. The zero-order chi connectivity index (χ0) is 20.5. The number of hydrogen-bond donors (Lipinski definition) is 0. The Morgan fingerprint density at radius 3 is 2.57 bits per heavy atom. The van der Waals surface area contributed by atoms with Crippen molar-refractivity contribution >= 4 is 23.3 Å². The van der Waals surface area contributed by atoms with Crippen molar-refractivity contribution in [3.05, 3.63) is 65.0 Å². The Morgan fingerprint density at radius 2 is 1.77 bits per heavy atom. The van der Waals surface area contributed by atoms with Gasteiger partial charge >= 0.3 is 6.03 Å². The summed E-state index contributed by atoms with van der Waals surface area (Å²) < 4.78 is 5.42. The highest BCUT2D eigenvalue weighted by Gasteiger charge is 2.30. The first-order valence-corrected chi connectivity index (χ1v) is 10.5. The van der Waals surface area contributed by atoms with E-state index in [4.69, 9.17) is 16.1 Å². The lowest BCUT2D eigenvalue weighted by atomic mass is 10.2. The Morgan fingerprint density at radius 1 is 1.00 bits per heavy atom. The first kappa shape index (κ1) is 19.1. The lowest BCUT2D eigenvalue weighted by Gasteiger charge is -2.36. The minimum absolute atomic E-state index is 0.0995. The number of rotatable bonds is 3. The van der Waals surface area contributed by atoms with Crippen LogP contribution in [-0.4, -0.2) is 58.7 Å². The summed E-state index contributed by atoms with van der Waals surface area (Å²) in [4.78, 5) is 23.6. The van der Waals surface area contributed by atoms with Gasteiger partial charge < -0.3 is 9.42 Å². The molecule has 0 atom stereocenters. The van der Waals surface area contributed by atoms with Gasteiger partial charge in [-0.25, -0.2) is 4.79 Å². The van der Waals surface area contributed by atoms with Gasteiger partial charge in [0.05, 0.1) is 6.54 Å². The largest absolute Gasteiger partial charge is 0.338 e. The van der Waals surface area contributed by atoms with E-state index in [1.807, 2.05) is 52.3 Å². The average molecular weight is 424 g/mol. The molecule has 1 fully saturated rings. The maximum atomic E-state index is 13.0. The summed E-state index contributed by atoms with van der Waals surface area (Å²) in [6.45, 7) is 4.27. The predicted molar refractivity (Wildman–Crippen MR) is 114 cm³/mol. The number of anilines is 1. The number of carbonyl (C=O) groups excluding carboxylic acids is 1. The number of nitrogens with zero attached hydrogens (tertiary/aromatic N) is 5. The summed E-state index contributed by atoms with van der Waals surface area (Å²) >= 11 is 5.93. The summed E-state index contributed by atoms with van der Waals surface area (Å²) in [5.74, 6) is 1.14. The van der Waals surface area contributed by atoms with Gasteiger partial charge in [-0.2, -0.15) is 4.98 Å². The van der Waals surface area contributed by atoms with E-state index in [0.29, 0.717) is 36.4 Å². The van der Waals surface area contributed by atoms with Crippen LogP contribution in [0.1, 0.15) is 11.5 Å².